The Morgan fingerprint density at radius 2 is 1.81 bits per heavy atom. The van der Waals surface area contributed by atoms with E-state index in [-0.39, 0.29) is 11.9 Å². The molecule has 1 unspecified atom stereocenters. The number of benzene rings is 3. The van der Waals surface area contributed by atoms with Crippen molar-refractivity contribution in [3.05, 3.63) is 78.1 Å². The van der Waals surface area contributed by atoms with Gasteiger partial charge in [0.15, 0.2) is 0 Å². The van der Waals surface area contributed by atoms with Crippen molar-refractivity contribution in [3.8, 4) is 0 Å². The van der Waals surface area contributed by atoms with Crippen molar-refractivity contribution in [1.29, 1.82) is 0 Å². The van der Waals surface area contributed by atoms with Crippen molar-refractivity contribution in [2.75, 3.05) is 0 Å². The average Bonchev–Trinajstić information content (AvgIpc) is 3.10. The van der Waals surface area contributed by atoms with Crippen LogP contribution in [0.4, 0.5) is 0 Å². The summed E-state index contributed by atoms with van der Waals surface area (Å²) in [4.78, 5) is 20.1. The number of aryl methyl sites for hydroxylation is 1. The number of amides is 1. The molecule has 0 radical (unpaired) electrons. The standard InChI is InChI=1S/C22H21N3O/c1-15(22-24-19-8-4-5-9-20(19)25-22)23-21(26)13-11-16-10-12-17-6-2-3-7-18(17)14-16/h2-10,12,14-15H,11,13H2,1H3,(H,23,26)(H,24,25). The summed E-state index contributed by atoms with van der Waals surface area (Å²) in [7, 11) is 0. The third-order valence-electron chi connectivity index (χ3n) is 4.65. The zero-order valence-corrected chi connectivity index (χ0v) is 14.7. The first-order chi connectivity index (χ1) is 12.7. The van der Waals surface area contributed by atoms with Gasteiger partial charge in [0.2, 0.25) is 5.91 Å². The Balaban J connectivity index is 1.38. The number of nitrogens with zero attached hydrogens (tertiary/aromatic N) is 1. The summed E-state index contributed by atoms with van der Waals surface area (Å²) in [5, 5.41) is 5.46. The van der Waals surface area contributed by atoms with E-state index in [9.17, 15) is 4.79 Å². The van der Waals surface area contributed by atoms with Crippen LogP contribution in [0.25, 0.3) is 21.8 Å². The summed E-state index contributed by atoms with van der Waals surface area (Å²) in [6.45, 7) is 1.95. The second-order valence-corrected chi connectivity index (χ2v) is 6.61. The fourth-order valence-corrected chi connectivity index (χ4v) is 3.21. The van der Waals surface area contributed by atoms with Crippen LogP contribution in [0.2, 0.25) is 0 Å². The summed E-state index contributed by atoms with van der Waals surface area (Å²) >= 11 is 0. The molecule has 0 aliphatic carbocycles. The molecule has 4 nitrogen and oxygen atoms in total. The van der Waals surface area contributed by atoms with Gasteiger partial charge in [-0.2, -0.15) is 0 Å². The number of aromatic nitrogens is 2. The molecule has 130 valence electrons. The van der Waals surface area contributed by atoms with Crippen LogP contribution in [0.1, 0.15) is 30.8 Å². The topological polar surface area (TPSA) is 57.8 Å². The fraction of sp³-hybridized carbons (Fsp3) is 0.182. The normalized spacial score (nSPS) is 12.3. The van der Waals surface area contributed by atoms with E-state index in [0.29, 0.717) is 6.42 Å². The first-order valence-electron chi connectivity index (χ1n) is 8.91. The van der Waals surface area contributed by atoms with Crippen LogP contribution < -0.4 is 5.32 Å². The van der Waals surface area contributed by atoms with E-state index < -0.39 is 0 Å². The number of nitrogens with one attached hydrogen (secondary N) is 2. The number of H-pyrrole nitrogens is 1. The van der Waals surface area contributed by atoms with E-state index in [0.717, 1.165) is 23.3 Å². The molecule has 1 atom stereocenters. The van der Waals surface area contributed by atoms with Gasteiger partial charge in [0.1, 0.15) is 5.82 Å². The molecule has 0 fully saturated rings. The average molecular weight is 343 g/mol. The number of para-hydroxylation sites is 2. The minimum absolute atomic E-state index is 0.0334. The zero-order chi connectivity index (χ0) is 17.9. The molecule has 0 aliphatic heterocycles. The molecule has 2 N–H and O–H groups in total. The molecule has 0 aliphatic rings. The molecular weight excluding hydrogens is 322 g/mol. The highest BCUT2D eigenvalue weighted by Gasteiger charge is 2.13. The first-order valence-corrected chi connectivity index (χ1v) is 8.91. The lowest BCUT2D eigenvalue weighted by Crippen LogP contribution is -2.27. The lowest BCUT2D eigenvalue weighted by Gasteiger charge is -2.11. The molecule has 1 aromatic heterocycles. The van der Waals surface area contributed by atoms with Crippen molar-refractivity contribution in [2.24, 2.45) is 0 Å². The number of hydrogen-bond acceptors (Lipinski definition) is 2. The van der Waals surface area contributed by atoms with Gasteiger partial charge in [-0.25, -0.2) is 4.98 Å². The fourth-order valence-electron chi connectivity index (χ4n) is 3.21. The van der Waals surface area contributed by atoms with E-state index in [1.165, 1.54) is 16.3 Å². The summed E-state index contributed by atoms with van der Waals surface area (Å²) in [5.41, 5.74) is 3.08. The van der Waals surface area contributed by atoms with Crippen LogP contribution in [0, 0.1) is 0 Å². The predicted molar refractivity (Wildman–Crippen MR) is 105 cm³/mol. The van der Waals surface area contributed by atoms with Crippen LogP contribution in [-0.2, 0) is 11.2 Å². The van der Waals surface area contributed by atoms with Gasteiger partial charge in [0.05, 0.1) is 17.1 Å². The largest absolute Gasteiger partial charge is 0.346 e. The number of aromatic amines is 1. The molecule has 0 bridgehead atoms. The quantitative estimate of drug-likeness (QED) is 0.559. The summed E-state index contributed by atoms with van der Waals surface area (Å²) in [6.07, 6.45) is 1.19. The summed E-state index contributed by atoms with van der Waals surface area (Å²) in [6, 6.07) is 22.4. The molecule has 0 spiro atoms. The van der Waals surface area contributed by atoms with Crippen molar-refractivity contribution in [1.82, 2.24) is 15.3 Å². The zero-order valence-electron chi connectivity index (χ0n) is 14.7. The molecule has 0 saturated heterocycles. The number of carbonyl (C=O) groups is 1. The highest BCUT2D eigenvalue weighted by atomic mass is 16.1. The van der Waals surface area contributed by atoms with Gasteiger partial charge in [-0.05, 0) is 41.8 Å². The first kappa shape index (κ1) is 16.3. The van der Waals surface area contributed by atoms with Gasteiger partial charge in [-0.3, -0.25) is 4.79 Å². The van der Waals surface area contributed by atoms with Crippen LogP contribution in [0.3, 0.4) is 0 Å². The number of rotatable bonds is 5. The highest BCUT2D eigenvalue weighted by molar-refractivity contribution is 5.83. The Morgan fingerprint density at radius 3 is 2.65 bits per heavy atom. The number of fused-ring (bicyclic) bond motifs is 2. The van der Waals surface area contributed by atoms with Crippen LogP contribution >= 0.6 is 0 Å². The van der Waals surface area contributed by atoms with Crippen molar-refractivity contribution in [2.45, 2.75) is 25.8 Å². The Kier molecular flexibility index (Phi) is 4.40. The third-order valence-corrected chi connectivity index (χ3v) is 4.65. The van der Waals surface area contributed by atoms with E-state index >= 15 is 0 Å². The highest BCUT2D eigenvalue weighted by Crippen LogP contribution is 2.18. The smallest absolute Gasteiger partial charge is 0.220 e. The Bertz CT molecular complexity index is 1030. The van der Waals surface area contributed by atoms with Crippen molar-refractivity contribution in [3.63, 3.8) is 0 Å². The predicted octanol–water partition coefficient (Wildman–Crippen LogP) is 4.53. The maximum atomic E-state index is 12.3. The Labute approximate surface area is 152 Å². The lowest BCUT2D eigenvalue weighted by atomic mass is 10.0. The minimum atomic E-state index is -0.147. The number of imidazole rings is 1. The Hall–Kier alpha value is -3.14. The lowest BCUT2D eigenvalue weighted by molar-refractivity contribution is -0.121. The van der Waals surface area contributed by atoms with Gasteiger partial charge >= 0.3 is 0 Å². The monoisotopic (exact) mass is 343 g/mol. The molecule has 0 saturated carbocycles. The molecule has 4 aromatic rings. The summed E-state index contributed by atoms with van der Waals surface area (Å²) in [5.74, 6) is 0.816. The minimum Gasteiger partial charge on any atom is -0.346 e. The summed E-state index contributed by atoms with van der Waals surface area (Å²) < 4.78 is 0. The molecular formula is C22H21N3O. The van der Waals surface area contributed by atoms with Crippen LogP contribution in [0.5, 0.6) is 0 Å². The second-order valence-electron chi connectivity index (χ2n) is 6.61. The third kappa shape index (κ3) is 3.45. The Morgan fingerprint density at radius 1 is 1.04 bits per heavy atom. The van der Waals surface area contributed by atoms with E-state index in [1.54, 1.807) is 0 Å². The van der Waals surface area contributed by atoms with E-state index in [4.69, 9.17) is 0 Å². The maximum Gasteiger partial charge on any atom is 0.220 e. The second kappa shape index (κ2) is 7.00. The van der Waals surface area contributed by atoms with Crippen LogP contribution in [0.15, 0.2) is 66.7 Å². The molecule has 4 heteroatoms. The van der Waals surface area contributed by atoms with Crippen molar-refractivity contribution >= 4 is 27.7 Å². The SMILES string of the molecule is CC(NC(=O)CCc1ccc2ccccc2c1)c1nc2ccccc2[nH]1. The molecule has 26 heavy (non-hydrogen) atoms. The van der Waals surface area contributed by atoms with E-state index in [1.807, 2.05) is 43.3 Å². The van der Waals surface area contributed by atoms with Crippen molar-refractivity contribution < 1.29 is 4.79 Å². The maximum absolute atomic E-state index is 12.3. The van der Waals surface area contributed by atoms with Gasteiger partial charge in [0, 0.05) is 6.42 Å². The van der Waals surface area contributed by atoms with Gasteiger partial charge in [-0.15, -0.1) is 0 Å². The number of hydrogen-bond donors (Lipinski definition) is 2. The molecule has 4 rings (SSSR count). The van der Waals surface area contributed by atoms with Gasteiger partial charge in [0.25, 0.3) is 0 Å². The number of carbonyl (C=O) groups excluding carboxylic acids is 1. The molecule has 1 amide bonds. The van der Waals surface area contributed by atoms with Gasteiger partial charge < -0.3 is 10.3 Å². The van der Waals surface area contributed by atoms with Gasteiger partial charge in [-0.1, -0.05) is 54.6 Å². The van der Waals surface area contributed by atoms with Crippen LogP contribution in [-0.4, -0.2) is 15.9 Å². The molecule has 3 aromatic carbocycles. The van der Waals surface area contributed by atoms with E-state index in [2.05, 4.69) is 45.6 Å². The molecule has 1 heterocycles.